The highest BCUT2D eigenvalue weighted by atomic mass is 16.5. The Morgan fingerprint density at radius 2 is 1.29 bits per heavy atom. The van der Waals surface area contributed by atoms with E-state index in [0.29, 0.717) is 0 Å². The molecule has 2 rings (SSSR count). The highest BCUT2D eigenvalue weighted by Gasteiger charge is 2.05. The van der Waals surface area contributed by atoms with Gasteiger partial charge in [0.25, 0.3) is 0 Å². The molecule has 2 aromatic rings. The molecule has 0 atom stereocenters. The largest absolute Gasteiger partial charge is 0.493 e. The van der Waals surface area contributed by atoms with Crippen molar-refractivity contribution in [3.8, 4) is 11.5 Å². The molecule has 0 radical (unpaired) electrons. The van der Waals surface area contributed by atoms with Gasteiger partial charge in [-0.05, 0) is 42.3 Å². The fourth-order valence-corrected chi connectivity index (χ4v) is 4.06. The Labute approximate surface area is 208 Å². The number of nitrogens with zero attached hydrogens (tertiary/aromatic N) is 1. The van der Waals surface area contributed by atoms with E-state index in [1.807, 2.05) is 48.5 Å². The molecule has 0 aliphatic rings. The Morgan fingerprint density at radius 1 is 0.706 bits per heavy atom. The summed E-state index contributed by atoms with van der Waals surface area (Å²) in [5, 5.41) is 4.29. The molecule has 4 nitrogen and oxygen atoms in total. The van der Waals surface area contributed by atoms with Gasteiger partial charge in [-0.1, -0.05) is 109 Å². The van der Waals surface area contributed by atoms with E-state index in [2.05, 4.69) is 17.5 Å². The third-order valence-electron chi connectivity index (χ3n) is 6.12. The minimum Gasteiger partial charge on any atom is -0.493 e. The predicted molar refractivity (Wildman–Crippen MR) is 146 cm³/mol. The third kappa shape index (κ3) is 12.7. The molecular weight excluding hydrogens is 420 g/mol. The molecule has 0 saturated carbocycles. The molecule has 2 aromatic carbocycles. The Bertz CT molecular complexity index is 777. The van der Waals surface area contributed by atoms with Crippen LogP contribution in [0.4, 0.5) is 5.69 Å². The normalized spacial score (nSPS) is 11.1. The molecule has 0 spiro atoms. The lowest BCUT2D eigenvalue weighted by Gasteiger charge is -2.11. The van der Waals surface area contributed by atoms with Crippen LogP contribution in [0.2, 0.25) is 0 Å². The van der Waals surface area contributed by atoms with E-state index in [1.54, 1.807) is 13.3 Å². The Balaban J connectivity index is 1.51. The Kier molecular flexibility index (Phi) is 15.4. The van der Waals surface area contributed by atoms with E-state index in [0.717, 1.165) is 35.8 Å². The highest BCUT2D eigenvalue weighted by molar-refractivity contribution is 5.81. The number of unbranched alkanes of at least 4 members (excludes halogenated alkanes) is 13. The lowest BCUT2D eigenvalue weighted by Crippen LogP contribution is -2.00. The van der Waals surface area contributed by atoms with Gasteiger partial charge in [-0.15, -0.1) is 0 Å². The molecule has 0 unspecified atom stereocenters. The van der Waals surface area contributed by atoms with E-state index in [1.165, 1.54) is 83.5 Å². The summed E-state index contributed by atoms with van der Waals surface area (Å²) < 4.78 is 11.5. The average Bonchev–Trinajstić information content (AvgIpc) is 2.87. The molecule has 0 aromatic heterocycles. The number of hydrazone groups is 1. The molecular formula is C30H46N2O2. The fourth-order valence-electron chi connectivity index (χ4n) is 4.06. The molecule has 0 amide bonds. The van der Waals surface area contributed by atoms with Crippen LogP contribution in [0.25, 0.3) is 0 Å². The van der Waals surface area contributed by atoms with Gasteiger partial charge in [0.15, 0.2) is 11.5 Å². The van der Waals surface area contributed by atoms with Crippen LogP contribution < -0.4 is 14.9 Å². The van der Waals surface area contributed by atoms with E-state index < -0.39 is 0 Å². The lowest BCUT2D eigenvalue weighted by atomic mass is 10.0. The number of hydrogen-bond donors (Lipinski definition) is 1. The van der Waals surface area contributed by atoms with E-state index in [9.17, 15) is 0 Å². The van der Waals surface area contributed by atoms with Crippen molar-refractivity contribution in [2.75, 3.05) is 19.1 Å². The number of para-hydroxylation sites is 1. The van der Waals surface area contributed by atoms with Gasteiger partial charge in [0.05, 0.1) is 25.6 Å². The lowest BCUT2D eigenvalue weighted by molar-refractivity contribution is 0.284. The number of benzene rings is 2. The first-order valence-electron chi connectivity index (χ1n) is 13.5. The molecule has 0 fully saturated rings. The topological polar surface area (TPSA) is 42.8 Å². The minimum atomic E-state index is 0.734. The van der Waals surface area contributed by atoms with E-state index in [-0.39, 0.29) is 0 Å². The number of hydrogen-bond acceptors (Lipinski definition) is 4. The quantitative estimate of drug-likeness (QED) is 0.120. The standard InChI is InChI=1S/C30H46N2O2/c1-3-4-5-6-7-8-9-10-11-12-13-14-15-19-24-34-29-23-22-27(25-30(29)33-2)26-31-32-28-20-17-16-18-21-28/h16-18,20-23,25-26,32H,3-15,19,24H2,1-2H3/b31-26+. The maximum Gasteiger partial charge on any atom is 0.161 e. The first-order chi connectivity index (χ1) is 16.8. The van der Waals surface area contributed by atoms with Crippen molar-refractivity contribution in [1.82, 2.24) is 0 Å². The van der Waals surface area contributed by atoms with Crippen LogP contribution in [0, 0.1) is 0 Å². The smallest absolute Gasteiger partial charge is 0.161 e. The zero-order valence-corrected chi connectivity index (χ0v) is 21.6. The molecule has 0 heterocycles. The second-order valence-corrected chi connectivity index (χ2v) is 9.09. The molecule has 1 N–H and O–H groups in total. The van der Waals surface area contributed by atoms with Gasteiger partial charge < -0.3 is 9.47 Å². The number of nitrogens with one attached hydrogen (secondary N) is 1. The second kappa shape index (κ2) is 18.9. The zero-order chi connectivity index (χ0) is 24.1. The number of rotatable bonds is 20. The monoisotopic (exact) mass is 466 g/mol. The summed E-state index contributed by atoms with van der Waals surface area (Å²) in [6, 6.07) is 15.8. The summed E-state index contributed by atoms with van der Waals surface area (Å²) in [5.74, 6) is 1.54. The zero-order valence-electron chi connectivity index (χ0n) is 21.6. The van der Waals surface area contributed by atoms with Crippen LogP contribution in [0.1, 0.15) is 102 Å². The SMILES string of the molecule is CCCCCCCCCCCCCCCCOc1ccc(/C=N/Nc2ccccc2)cc1OC. The van der Waals surface area contributed by atoms with Crippen molar-refractivity contribution in [1.29, 1.82) is 0 Å². The molecule has 34 heavy (non-hydrogen) atoms. The minimum absolute atomic E-state index is 0.734. The molecule has 0 aliphatic carbocycles. The van der Waals surface area contributed by atoms with E-state index >= 15 is 0 Å². The van der Waals surface area contributed by atoms with E-state index in [4.69, 9.17) is 9.47 Å². The van der Waals surface area contributed by atoms with Crippen LogP contribution in [0.5, 0.6) is 11.5 Å². The first kappa shape index (κ1) is 27.8. The van der Waals surface area contributed by atoms with Crippen LogP contribution in [0.15, 0.2) is 53.6 Å². The van der Waals surface area contributed by atoms with Gasteiger partial charge in [0, 0.05) is 0 Å². The van der Waals surface area contributed by atoms with Gasteiger partial charge in [0.2, 0.25) is 0 Å². The summed E-state index contributed by atoms with van der Waals surface area (Å²) in [6.07, 6.45) is 20.9. The number of ether oxygens (including phenoxy) is 2. The highest BCUT2D eigenvalue weighted by Crippen LogP contribution is 2.28. The molecule has 4 heteroatoms. The molecule has 188 valence electrons. The van der Waals surface area contributed by atoms with Gasteiger partial charge in [0.1, 0.15) is 0 Å². The van der Waals surface area contributed by atoms with Crippen molar-refractivity contribution in [2.45, 2.75) is 96.8 Å². The molecule has 0 saturated heterocycles. The van der Waals surface area contributed by atoms with Crippen LogP contribution in [-0.2, 0) is 0 Å². The summed E-state index contributed by atoms with van der Waals surface area (Å²) in [4.78, 5) is 0. The van der Waals surface area contributed by atoms with Crippen LogP contribution in [-0.4, -0.2) is 19.9 Å². The maximum atomic E-state index is 5.98. The number of anilines is 1. The summed E-state index contributed by atoms with van der Waals surface area (Å²) >= 11 is 0. The van der Waals surface area contributed by atoms with Crippen molar-refractivity contribution in [2.24, 2.45) is 5.10 Å². The molecule has 0 bridgehead atoms. The van der Waals surface area contributed by atoms with Crippen LogP contribution in [0.3, 0.4) is 0 Å². The van der Waals surface area contributed by atoms with Crippen molar-refractivity contribution in [3.05, 3.63) is 54.1 Å². The van der Waals surface area contributed by atoms with Gasteiger partial charge in [-0.3, -0.25) is 5.43 Å². The summed E-state index contributed by atoms with van der Waals surface area (Å²) in [5.41, 5.74) is 4.95. The Morgan fingerprint density at radius 3 is 1.88 bits per heavy atom. The summed E-state index contributed by atoms with van der Waals surface area (Å²) in [6.45, 7) is 3.02. The van der Waals surface area contributed by atoms with Crippen molar-refractivity contribution >= 4 is 11.9 Å². The predicted octanol–water partition coefficient (Wildman–Crippen LogP) is 9.00. The van der Waals surface area contributed by atoms with Crippen molar-refractivity contribution in [3.63, 3.8) is 0 Å². The van der Waals surface area contributed by atoms with Gasteiger partial charge in [-0.25, -0.2) is 0 Å². The van der Waals surface area contributed by atoms with Crippen LogP contribution >= 0.6 is 0 Å². The maximum absolute atomic E-state index is 5.98. The summed E-state index contributed by atoms with van der Waals surface area (Å²) in [7, 11) is 1.68. The number of methoxy groups -OCH3 is 1. The van der Waals surface area contributed by atoms with Gasteiger partial charge >= 0.3 is 0 Å². The first-order valence-corrected chi connectivity index (χ1v) is 13.5. The van der Waals surface area contributed by atoms with Crippen molar-refractivity contribution < 1.29 is 9.47 Å². The fraction of sp³-hybridized carbons (Fsp3) is 0.567. The third-order valence-corrected chi connectivity index (χ3v) is 6.12. The second-order valence-electron chi connectivity index (χ2n) is 9.09. The Hall–Kier alpha value is -2.49. The molecule has 0 aliphatic heterocycles. The van der Waals surface area contributed by atoms with Gasteiger partial charge in [-0.2, -0.15) is 5.10 Å². The average molecular weight is 467 g/mol.